The van der Waals surface area contributed by atoms with E-state index in [1.165, 1.54) is 45.2 Å². The lowest BCUT2D eigenvalue weighted by Crippen LogP contribution is -2.47. The van der Waals surface area contributed by atoms with Crippen molar-refractivity contribution in [3.63, 3.8) is 0 Å². The molecule has 0 aliphatic carbocycles. The predicted octanol–water partition coefficient (Wildman–Crippen LogP) is 2.92. The molecule has 0 aromatic carbocycles. The second-order valence-electron chi connectivity index (χ2n) is 6.10. The molecule has 1 aliphatic rings. The summed E-state index contributed by atoms with van der Waals surface area (Å²) in [5.41, 5.74) is -0.378. The van der Waals surface area contributed by atoms with Crippen LogP contribution in [0.2, 0.25) is 0 Å². The van der Waals surface area contributed by atoms with Gasteiger partial charge in [0.25, 0.3) is 0 Å². The third-order valence-electron chi connectivity index (χ3n) is 3.73. The van der Waals surface area contributed by atoms with Crippen molar-refractivity contribution in [1.29, 1.82) is 5.26 Å². The second kappa shape index (κ2) is 7.76. The van der Waals surface area contributed by atoms with Crippen LogP contribution in [0.4, 0.5) is 0 Å². The zero-order valence-corrected chi connectivity index (χ0v) is 12.3. The molecule has 0 amide bonds. The first-order valence-corrected chi connectivity index (χ1v) is 7.47. The van der Waals surface area contributed by atoms with Crippen LogP contribution in [-0.4, -0.2) is 36.1 Å². The topological polar surface area (TPSA) is 39.1 Å². The Bertz CT molecular complexity index is 261. The molecule has 1 heterocycles. The van der Waals surface area contributed by atoms with E-state index < -0.39 is 0 Å². The van der Waals surface area contributed by atoms with Gasteiger partial charge in [0.1, 0.15) is 5.54 Å². The van der Waals surface area contributed by atoms with Crippen LogP contribution in [0.5, 0.6) is 0 Å². The first-order chi connectivity index (χ1) is 8.56. The zero-order valence-electron chi connectivity index (χ0n) is 12.3. The highest BCUT2D eigenvalue weighted by Gasteiger charge is 2.25. The predicted molar refractivity (Wildman–Crippen MR) is 76.4 cm³/mol. The fourth-order valence-electron chi connectivity index (χ4n) is 2.72. The fraction of sp³-hybridized carbons (Fsp3) is 0.933. The number of nitrogens with zero attached hydrogens (tertiary/aromatic N) is 2. The molecule has 1 N–H and O–H groups in total. The monoisotopic (exact) mass is 251 g/mol. The molecule has 0 bridgehead atoms. The molecule has 3 heteroatoms. The van der Waals surface area contributed by atoms with Crippen molar-refractivity contribution in [2.45, 2.75) is 70.9 Å². The molecular formula is C15H29N3. The third kappa shape index (κ3) is 5.84. The van der Waals surface area contributed by atoms with Gasteiger partial charge in [-0.15, -0.1) is 0 Å². The van der Waals surface area contributed by atoms with Gasteiger partial charge in [0.05, 0.1) is 6.07 Å². The zero-order chi connectivity index (χ0) is 13.4. The van der Waals surface area contributed by atoms with Crippen molar-refractivity contribution in [1.82, 2.24) is 10.2 Å². The van der Waals surface area contributed by atoms with Crippen molar-refractivity contribution < 1.29 is 0 Å². The van der Waals surface area contributed by atoms with Crippen molar-refractivity contribution in [2.24, 2.45) is 0 Å². The van der Waals surface area contributed by atoms with Crippen LogP contribution in [-0.2, 0) is 0 Å². The number of rotatable bonds is 5. The summed E-state index contributed by atoms with van der Waals surface area (Å²) >= 11 is 0. The molecule has 3 nitrogen and oxygen atoms in total. The van der Waals surface area contributed by atoms with Gasteiger partial charge in [0, 0.05) is 12.6 Å². The van der Waals surface area contributed by atoms with Gasteiger partial charge in [-0.2, -0.15) is 5.26 Å². The maximum atomic E-state index is 9.33. The summed E-state index contributed by atoms with van der Waals surface area (Å²) in [6.45, 7) is 9.70. The summed E-state index contributed by atoms with van der Waals surface area (Å²) in [4.78, 5) is 2.54. The molecule has 1 unspecified atom stereocenters. The molecule has 0 aromatic rings. The van der Waals surface area contributed by atoms with Crippen LogP contribution in [0.3, 0.4) is 0 Å². The van der Waals surface area contributed by atoms with E-state index in [4.69, 9.17) is 0 Å². The van der Waals surface area contributed by atoms with Gasteiger partial charge in [-0.25, -0.2) is 0 Å². The summed E-state index contributed by atoms with van der Waals surface area (Å²) in [5.74, 6) is 0. The molecule has 1 rings (SSSR count). The van der Waals surface area contributed by atoms with Crippen LogP contribution in [0.15, 0.2) is 0 Å². The Kier molecular flexibility index (Phi) is 6.67. The minimum atomic E-state index is -0.378. The highest BCUT2D eigenvalue weighted by atomic mass is 15.1. The Morgan fingerprint density at radius 1 is 1.17 bits per heavy atom. The Hall–Kier alpha value is -0.590. The van der Waals surface area contributed by atoms with Crippen molar-refractivity contribution in [2.75, 3.05) is 19.6 Å². The van der Waals surface area contributed by atoms with Gasteiger partial charge in [-0.1, -0.05) is 19.3 Å². The minimum Gasteiger partial charge on any atom is -0.303 e. The van der Waals surface area contributed by atoms with E-state index in [9.17, 15) is 5.26 Å². The molecule has 1 atom stereocenters. The molecule has 1 saturated heterocycles. The SMILES string of the molecule is CC(C)NC(C)(C#N)CCN1CCCCCCC1. The third-order valence-corrected chi connectivity index (χ3v) is 3.73. The molecule has 0 saturated carbocycles. The maximum Gasteiger partial charge on any atom is 0.105 e. The lowest BCUT2D eigenvalue weighted by molar-refractivity contribution is 0.222. The van der Waals surface area contributed by atoms with Crippen LogP contribution in [0.1, 0.15) is 59.3 Å². The van der Waals surface area contributed by atoms with Gasteiger partial charge >= 0.3 is 0 Å². The summed E-state index contributed by atoms with van der Waals surface area (Å²) in [6.07, 6.45) is 7.70. The standard InChI is InChI=1S/C15H29N3/c1-14(2)17-15(3,13-16)9-12-18-10-7-5-4-6-8-11-18/h14,17H,4-12H2,1-3H3. The van der Waals surface area contributed by atoms with Crippen molar-refractivity contribution in [3.8, 4) is 6.07 Å². The fourth-order valence-corrected chi connectivity index (χ4v) is 2.72. The van der Waals surface area contributed by atoms with Gasteiger partial charge in [-0.05, 0) is 53.1 Å². The molecule has 1 aliphatic heterocycles. The summed E-state index contributed by atoms with van der Waals surface area (Å²) in [7, 11) is 0. The van der Waals surface area contributed by atoms with E-state index in [0.717, 1.165) is 13.0 Å². The smallest absolute Gasteiger partial charge is 0.105 e. The van der Waals surface area contributed by atoms with E-state index in [0.29, 0.717) is 6.04 Å². The van der Waals surface area contributed by atoms with Crippen LogP contribution < -0.4 is 5.32 Å². The van der Waals surface area contributed by atoms with Gasteiger partial charge in [0.15, 0.2) is 0 Å². The molecular weight excluding hydrogens is 222 g/mol. The maximum absolute atomic E-state index is 9.33. The normalized spacial score (nSPS) is 21.9. The molecule has 104 valence electrons. The molecule has 0 aromatic heterocycles. The van der Waals surface area contributed by atoms with Gasteiger partial charge in [0.2, 0.25) is 0 Å². The Labute approximate surface area is 113 Å². The largest absolute Gasteiger partial charge is 0.303 e. The average molecular weight is 251 g/mol. The van der Waals surface area contributed by atoms with E-state index in [-0.39, 0.29) is 5.54 Å². The molecule has 1 fully saturated rings. The summed E-state index contributed by atoms with van der Waals surface area (Å²) in [5, 5.41) is 12.7. The molecule has 18 heavy (non-hydrogen) atoms. The minimum absolute atomic E-state index is 0.363. The van der Waals surface area contributed by atoms with Crippen molar-refractivity contribution in [3.05, 3.63) is 0 Å². The first kappa shape index (κ1) is 15.5. The molecule has 0 spiro atoms. The lowest BCUT2D eigenvalue weighted by Gasteiger charge is -2.30. The quantitative estimate of drug-likeness (QED) is 0.816. The first-order valence-electron chi connectivity index (χ1n) is 7.47. The van der Waals surface area contributed by atoms with Gasteiger partial charge < -0.3 is 4.90 Å². The lowest BCUT2D eigenvalue weighted by atomic mass is 9.98. The van der Waals surface area contributed by atoms with E-state index in [1.807, 2.05) is 6.92 Å². The Morgan fingerprint density at radius 3 is 2.22 bits per heavy atom. The number of nitrogens with one attached hydrogen (secondary N) is 1. The van der Waals surface area contributed by atoms with E-state index in [2.05, 4.69) is 30.1 Å². The number of hydrogen-bond donors (Lipinski definition) is 1. The highest BCUT2D eigenvalue weighted by Crippen LogP contribution is 2.14. The van der Waals surface area contributed by atoms with E-state index >= 15 is 0 Å². The number of nitriles is 1. The van der Waals surface area contributed by atoms with Crippen LogP contribution in [0.25, 0.3) is 0 Å². The number of hydrogen-bond acceptors (Lipinski definition) is 3. The Morgan fingerprint density at radius 2 is 1.72 bits per heavy atom. The highest BCUT2D eigenvalue weighted by molar-refractivity contribution is 5.04. The Balaban J connectivity index is 2.38. The van der Waals surface area contributed by atoms with Crippen LogP contribution >= 0.6 is 0 Å². The molecule has 0 radical (unpaired) electrons. The van der Waals surface area contributed by atoms with Crippen molar-refractivity contribution >= 4 is 0 Å². The summed E-state index contributed by atoms with van der Waals surface area (Å²) in [6, 6.07) is 2.80. The average Bonchev–Trinajstić information content (AvgIpc) is 2.26. The second-order valence-corrected chi connectivity index (χ2v) is 6.10. The summed E-state index contributed by atoms with van der Waals surface area (Å²) < 4.78 is 0. The number of likely N-dealkylation sites (tertiary alicyclic amines) is 1. The van der Waals surface area contributed by atoms with E-state index in [1.54, 1.807) is 0 Å². The van der Waals surface area contributed by atoms with Crippen LogP contribution in [0, 0.1) is 11.3 Å². The van der Waals surface area contributed by atoms with Gasteiger partial charge in [-0.3, -0.25) is 5.32 Å².